The lowest BCUT2D eigenvalue weighted by Crippen LogP contribution is -2.38. The summed E-state index contributed by atoms with van der Waals surface area (Å²) in [5.41, 5.74) is 2.44. The fourth-order valence-corrected chi connectivity index (χ4v) is 3.55. The topological polar surface area (TPSA) is 33.1 Å². The first-order valence-corrected chi connectivity index (χ1v) is 8.67. The number of aryl methyl sites for hydroxylation is 2. The third kappa shape index (κ3) is 3.10. The van der Waals surface area contributed by atoms with Crippen LogP contribution >= 0.6 is 15.9 Å². The Morgan fingerprint density at radius 3 is 2.85 bits per heavy atom. The van der Waals surface area contributed by atoms with E-state index in [1.807, 2.05) is 0 Å². The molecule has 1 aromatic heterocycles. The largest absolute Gasteiger partial charge is 0.312 e. The fourth-order valence-electron chi connectivity index (χ4n) is 3.14. The van der Waals surface area contributed by atoms with Crippen LogP contribution in [0.1, 0.15) is 44.0 Å². The monoisotopic (exact) mass is 340 g/mol. The average Bonchev–Trinajstić information content (AvgIpc) is 3.11. The highest BCUT2D eigenvalue weighted by atomic mass is 79.9. The normalized spacial score (nSPS) is 23.6. The highest BCUT2D eigenvalue weighted by molar-refractivity contribution is 9.10. The van der Waals surface area contributed by atoms with E-state index in [-0.39, 0.29) is 0 Å². The van der Waals surface area contributed by atoms with Gasteiger partial charge in [0.25, 0.3) is 0 Å². The standard InChI is InChI=1S/C15H25BrN4/c1-3-20-14(15(16)11(2)18-20)10-19-8-4-5-13(19)9-17-12-6-7-12/h12-13,17H,3-10H2,1-2H3. The minimum Gasteiger partial charge on any atom is -0.312 e. The summed E-state index contributed by atoms with van der Waals surface area (Å²) in [6.45, 7) is 8.58. The van der Waals surface area contributed by atoms with Crippen LogP contribution in [0.25, 0.3) is 0 Å². The summed E-state index contributed by atoms with van der Waals surface area (Å²) in [6, 6.07) is 1.51. The van der Waals surface area contributed by atoms with Gasteiger partial charge >= 0.3 is 0 Å². The predicted molar refractivity (Wildman–Crippen MR) is 84.8 cm³/mol. The van der Waals surface area contributed by atoms with Crippen molar-refractivity contribution in [1.29, 1.82) is 0 Å². The van der Waals surface area contributed by atoms with Crippen molar-refractivity contribution in [3.05, 3.63) is 15.9 Å². The molecule has 2 heterocycles. The number of likely N-dealkylation sites (tertiary alicyclic amines) is 1. The molecule has 1 aliphatic carbocycles. The molecule has 1 saturated carbocycles. The Morgan fingerprint density at radius 2 is 2.15 bits per heavy atom. The number of halogens is 1. The molecule has 0 amide bonds. The Labute approximate surface area is 130 Å². The molecule has 2 aliphatic rings. The summed E-state index contributed by atoms with van der Waals surface area (Å²) in [5.74, 6) is 0. The first kappa shape index (κ1) is 14.5. The molecule has 1 aliphatic heterocycles. The van der Waals surface area contributed by atoms with Crippen molar-refractivity contribution in [2.75, 3.05) is 13.1 Å². The van der Waals surface area contributed by atoms with E-state index in [9.17, 15) is 0 Å². The summed E-state index contributed by atoms with van der Waals surface area (Å²) in [4.78, 5) is 2.63. The van der Waals surface area contributed by atoms with Gasteiger partial charge in [-0.3, -0.25) is 9.58 Å². The predicted octanol–water partition coefficient (Wildman–Crippen LogP) is 2.69. The van der Waals surface area contributed by atoms with Gasteiger partial charge in [0.15, 0.2) is 0 Å². The van der Waals surface area contributed by atoms with E-state index >= 15 is 0 Å². The van der Waals surface area contributed by atoms with Crippen LogP contribution in [0.2, 0.25) is 0 Å². The SMILES string of the molecule is CCn1nc(C)c(Br)c1CN1CCCC1CNC1CC1. The number of nitrogens with zero attached hydrogens (tertiary/aromatic N) is 3. The van der Waals surface area contributed by atoms with Crippen LogP contribution < -0.4 is 5.32 Å². The van der Waals surface area contributed by atoms with E-state index in [0.29, 0.717) is 6.04 Å². The molecule has 1 unspecified atom stereocenters. The Balaban J connectivity index is 1.66. The van der Waals surface area contributed by atoms with Gasteiger partial charge in [0.05, 0.1) is 15.9 Å². The van der Waals surface area contributed by atoms with Gasteiger partial charge in [-0.2, -0.15) is 5.10 Å². The molecule has 112 valence electrons. The first-order valence-electron chi connectivity index (χ1n) is 7.88. The van der Waals surface area contributed by atoms with Crippen molar-refractivity contribution < 1.29 is 0 Å². The third-order valence-electron chi connectivity index (χ3n) is 4.52. The van der Waals surface area contributed by atoms with Crippen LogP contribution in [0.5, 0.6) is 0 Å². The molecule has 1 N–H and O–H groups in total. The van der Waals surface area contributed by atoms with Crippen LogP contribution in [-0.2, 0) is 13.1 Å². The van der Waals surface area contributed by atoms with Crippen LogP contribution in [0.3, 0.4) is 0 Å². The quantitative estimate of drug-likeness (QED) is 0.864. The average molecular weight is 341 g/mol. The number of hydrogen-bond donors (Lipinski definition) is 1. The lowest BCUT2D eigenvalue weighted by atomic mass is 10.2. The van der Waals surface area contributed by atoms with Gasteiger partial charge in [-0.25, -0.2) is 0 Å². The smallest absolute Gasteiger partial charge is 0.0739 e. The van der Waals surface area contributed by atoms with Crippen LogP contribution in [0.15, 0.2) is 4.47 Å². The van der Waals surface area contributed by atoms with Gasteiger partial charge in [0.1, 0.15) is 0 Å². The van der Waals surface area contributed by atoms with E-state index in [1.54, 1.807) is 0 Å². The van der Waals surface area contributed by atoms with E-state index in [4.69, 9.17) is 0 Å². The van der Waals surface area contributed by atoms with Gasteiger partial charge in [-0.1, -0.05) is 0 Å². The maximum atomic E-state index is 4.61. The van der Waals surface area contributed by atoms with Gasteiger partial charge in [-0.05, 0) is 62.0 Å². The Hall–Kier alpha value is -0.390. The van der Waals surface area contributed by atoms with Crippen molar-refractivity contribution >= 4 is 15.9 Å². The molecule has 3 rings (SSSR count). The number of hydrogen-bond acceptors (Lipinski definition) is 3. The molecule has 0 aromatic carbocycles. The molecule has 1 atom stereocenters. The first-order chi connectivity index (χ1) is 9.69. The van der Waals surface area contributed by atoms with Gasteiger partial charge in [0, 0.05) is 31.7 Å². The second-order valence-corrected chi connectivity index (χ2v) is 6.90. The lowest BCUT2D eigenvalue weighted by Gasteiger charge is -2.25. The van der Waals surface area contributed by atoms with Crippen molar-refractivity contribution in [3.8, 4) is 0 Å². The van der Waals surface area contributed by atoms with Crippen LogP contribution in [-0.4, -0.2) is 39.9 Å². The molecule has 0 radical (unpaired) electrons. The van der Waals surface area contributed by atoms with E-state index in [1.165, 1.54) is 42.4 Å². The van der Waals surface area contributed by atoms with Crippen molar-refractivity contribution in [2.24, 2.45) is 0 Å². The molecule has 20 heavy (non-hydrogen) atoms. The Bertz CT molecular complexity index is 467. The Morgan fingerprint density at radius 1 is 1.35 bits per heavy atom. The molecule has 0 spiro atoms. The second-order valence-electron chi connectivity index (χ2n) is 6.11. The van der Waals surface area contributed by atoms with Crippen molar-refractivity contribution in [1.82, 2.24) is 20.0 Å². The summed E-state index contributed by atoms with van der Waals surface area (Å²) < 4.78 is 3.34. The zero-order chi connectivity index (χ0) is 14.1. The zero-order valence-electron chi connectivity index (χ0n) is 12.5. The molecular weight excluding hydrogens is 316 g/mol. The van der Waals surface area contributed by atoms with E-state index in [2.05, 4.69) is 49.8 Å². The molecular formula is C15H25BrN4. The van der Waals surface area contributed by atoms with E-state index in [0.717, 1.165) is 31.4 Å². The summed E-state index contributed by atoms with van der Waals surface area (Å²) >= 11 is 3.72. The van der Waals surface area contributed by atoms with Crippen molar-refractivity contribution in [2.45, 2.75) is 64.7 Å². The van der Waals surface area contributed by atoms with Crippen molar-refractivity contribution in [3.63, 3.8) is 0 Å². The molecule has 5 heteroatoms. The summed E-state index contributed by atoms with van der Waals surface area (Å²) in [5, 5.41) is 8.29. The number of aromatic nitrogens is 2. The minimum absolute atomic E-state index is 0.697. The fraction of sp³-hybridized carbons (Fsp3) is 0.800. The lowest BCUT2D eigenvalue weighted by molar-refractivity contribution is 0.231. The van der Waals surface area contributed by atoms with Gasteiger partial charge in [-0.15, -0.1) is 0 Å². The third-order valence-corrected chi connectivity index (χ3v) is 5.56. The van der Waals surface area contributed by atoms with Gasteiger partial charge in [0.2, 0.25) is 0 Å². The maximum absolute atomic E-state index is 4.61. The minimum atomic E-state index is 0.697. The van der Waals surface area contributed by atoms with Gasteiger partial charge < -0.3 is 5.32 Å². The molecule has 4 nitrogen and oxygen atoms in total. The highest BCUT2D eigenvalue weighted by Crippen LogP contribution is 2.27. The van der Waals surface area contributed by atoms with E-state index < -0.39 is 0 Å². The van der Waals surface area contributed by atoms with Crippen LogP contribution in [0, 0.1) is 6.92 Å². The molecule has 1 saturated heterocycles. The number of nitrogens with one attached hydrogen (secondary N) is 1. The molecule has 1 aromatic rings. The molecule has 2 fully saturated rings. The Kier molecular flexibility index (Phi) is 4.48. The molecule has 0 bridgehead atoms. The highest BCUT2D eigenvalue weighted by Gasteiger charge is 2.29. The summed E-state index contributed by atoms with van der Waals surface area (Å²) in [7, 11) is 0. The van der Waals surface area contributed by atoms with Crippen LogP contribution in [0.4, 0.5) is 0 Å². The summed E-state index contributed by atoms with van der Waals surface area (Å²) in [6.07, 6.45) is 5.41. The zero-order valence-corrected chi connectivity index (χ0v) is 14.1. The maximum Gasteiger partial charge on any atom is 0.0739 e. The number of rotatable bonds is 6. The second kappa shape index (κ2) is 6.16.